The van der Waals surface area contributed by atoms with Gasteiger partial charge in [-0.2, -0.15) is 4.31 Å². The van der Waals surface area contributed by atoms with Crippen LogP contribution in [0, 0.1) is 16.0 Å². The zero-order chi connectivity index (χ0) is 17.2. The number of hydrogen-bond acceptors (Lipinski definition) is 5. The molecule has 2 rings (SSSR count). The molecule has 0 spiro atoms. The van der Waals surface area contributed by atoms with Crippen LogP contribution < -0.4 is 0 Å². The van der Waals surface area contributed by atoms with Gasteiger partial charge in [0, 0.05) is 25.2 Å². The molecule has 0 aromatic heterocycles. The van der Waals surface area contributed by atoms with Crippen molar-refractivity contribution in [1.29, 1.82) is 0 Å². The molecule has 1 N–H and O–H groups in total. The lowest BCUT2D eigenvalue weighted by Gasteiger charge is -2.29. The molecular formula is C14H18N2O6S. The van der Waals surface area contributed by atoms with E-state index in [-0.39, 0.29) is 36.5 Å². The van der Waals surface area contributed by atoms with Crippen molar-refractivity contribution in [2.45, 2.75) is 31.1 Å². The maximum Gasteiger partial charge on any atom is 0.306 e. The number of nitro groups is 1. The minimum Gasteiger partial charge on any atom is -0.481 e. The fourth-order valence-electron chi connectivity index (χ4n) is 2.67. The van der Waals surface area contributed by atoms with Gasteiger partial charge in [0.05, 0.1) is 15.7 Å². The second-order valence-electron chi connectivity index (χ2n) is 5.42. The van der Waals surface area contributed by atoms with E-state index >= 15 is 0 Å². The quantitative estimate of drug-likeness (QED) is 0.642. The van der Waals surface area contributed by atoms with Crippen molar-refractivity contribution in [2.75, 3.05) is 13.1 Å². The molecule has 1 saturated heterocycles. The highest BCUT2D eigenvalue weighted by atomic mass is 32.2. The van der Waals surface area contributed by atoms with Gasteiger partial charge in [-0.25, -0.2) is 8.42 Å². The third-order valence-electron chi connectivity index (χ3n) is 4.06. The molecule has 23 heavy (non-hydrogen) atoms. The average Bonchev–Trinajstić information content (AvgIpc) is 2.54. The maximum absolute atomic E-state index is 12.8. The first-order chi connectivity index (χ1) is 10.8. The summed E-state index contributed by atoms with van der Waals surface area (Å²) in [7, 11) is -3.87. The van der Waals surface area contributed by atoms with Crippen molar-refractivity contribution in [3.05, 3.63) is 33.9 Å². The number of carbonyl (C=O) groups is 1. The number of aliphatic carboxylic acids is 1. The number of nitrogens with zero attached hydrogens (tertiary/aromatic N) is 2. The molecule has 0 aliphatic carbocycles. The molecule has 1 aliphatic heterocycles. The molecule has 8 nitrogen and oxygen atoms in total. The Morgan fingerprint density at radius 1 is 1.39 bits per heavy atom. The standard InChI is InChI=1S/C14H18N2O6S/c1-2-10-3-4-12(16(19)20)9-13(10)23(21,22)15-7-5-11(6-8-15)14(17)18/h3-4,9,11H,2,5-8H2,1H3,(H,17,18). The summed E-state index contributed by atoms with van der Waals surface area (Å²) in [6.07, 6.45) is 0.911. The predicted octanol–water partition coefficient (Wildman–Crippen LogP) is 1.64. The predicted molar refractivity (Wildman–Crippen MR) is 81.6 cm³/mol. The van der Waals surface area contributed by atoms with Gasteiger partial charge in [-0.1, -0.05) is 13.0 Å². The zero-order valence-electron chi connectivity index (χ0n) is 12.6. The average molecular weight is 342 g/mol. The van der Waals surface area contributed by atoms with Gasteiger partial charge in [0.1, 0.15) is 0 Å². The molecule has 1 aromatic carbocycles. The Bertz CT molecular complexity index is 723. The van der Waals surface area contributed by atoms with Crippen LogP contribution in [0.2, 0.25) is 0 Å². The van der Waals surface area contributed by atoms with Gasteiger partial charge in [-0.3, -0.25) is 14.9 Å². The number of benzene rings is 1. The lowest BCUT2D eigenvalue weighted by atomic mass is 9.99. The van der Waals surface area contributed by atoms with Gasteiger partial charge in [-0.05, 0) is 24.8 Å². The first-order valence-corrected chi connectivity index (χ1v) is 8.71. The smallest absolute Gasteiger partial charge is 0.306 e. The van der Waals surface area contributed by atoms with Gasteiger partial charge in [-0.15, -0.1) is 0 Å². The number of hydrogen-bond donors (Lipinski definition) is 1. The monoisotopic (exact) mass is 342 g/mol. The minimum absolute atomic E-state index is 0.0667. The maximum atomic E-state index is 12.8. The van der Waals surface area contributed by atoms with E-state index in [1.165, 1.54) is 16.4 Å². The van der Waals surface area contributed by atoms with E-state index in [0.29, 0.717) is 12.0 Å². The fraction of sp³-hybridized carbons (Fsp3) is 0.500. The summed E-state index contributed by atoms with van der Waals surface area (Å²) in [5.74, 6) is -1.47. The molecule has 0 amide bonds. The van der Waals surface area contributed by atoms with E-state index < -0.39 is 26.8 Å². The fourth-order valence-corrected chi connectivity index (χ4v) is 4.45. The summed E-state index contributed by atoms with van der Waals surface area (Å²) in [5.41, 5.74) is 0.233. The lowest BCUT2D eigenvalue weighted by Crippen LogP contribution is -2.40. The van der Waals surface area contributed by atoms with Crippen molar-refractivity contribution in [1.82, 2.24) is 4.31 Å². The largest absolute Gasteiger partial charge is 0.481 e. The molecule has 1 aliphatic rings. The van der Waals surface area contributed by atoms with Gasteiger partial charge >= 0.3 is 5.97 Å². The molecule has 1 aromatic rings. The van der Waals surface area contributed by atoms with Crippen molar-refractivity contribution in [3.8, 4) is 0 Å². The van der Waals surface area contributed by atoms with Crippen LogP contribution in [0.5, 0.6) is 0 Å². The van der Waals surface area contributed by atoms with Crippen LogP contribution in [0.1, 0.15) is 25.3 Å². The van der Waals surface area contributed by atoms with Crippen molar-refractivity contribution in [3.63, 3.8) is 0 Å². The number of piperidine rings is 1. The van der Waals surface area contributed by atoms with Crippen LogP contribution in [0.4, 0.5) is 5.69 Å². The molecule has 1 heterocycles. The molecule has 9 heteroatoms. The van der Waals surface area contributed by atoms with E-state index in [2.05, 4.69) is 0 Å². The van der Waals surface area contributed by atoms with Crippen LogP contribution in [-0.4, -0.2) is 41.8 Å². The summed E-state index contributed by atoms with van der Waals surface area (Å²) in [6.45, 7) is 1.98. The Morgan fingerprint density at radius 3 is 2.48 bits per heavy atom. The zero-order valence-corrected chi connectivity index (χ0v) is 13.5. The Hall–Kier alpha value is -2.00. The molecule has 0 saturated carbocycles. The van der Waals surface area contributed by atoms with Crippen molar-refractivity contribution >= 4 is 21.7 Å². The van der Waals surface area contributed by atoms with Crippen LogP contribution >= 0.6 is 0 Å². The van der Waals surface area contributed by atoms with Crippen LogP contribution in [0.3, 0.4) is 0 Å². The normalized spacial score (nSPS) is 17.1. The van der Waals surface area contributed by atoms with Gasteiger partial charge in [0.15, 0.2) is 0 Å². The lowest BCUT2D eigenvalue weighted by molar-refractivity contribution is -0.385. The van der Waals surface area contributed by atoms with Crippen LogP contribution in [0.25, 0.3) is 0 Å². The number of nitro benzene ring substituents is 1. The molecule has 0 atom stereocenters. The number of carboxylic acid groups (broad SMARTS) is 1. The third kappa shape index (κ3) is 3.50. The van der Waals surface area contributed by atoms with Crippen LogP contribution in [-0.2, 0) is 21.2 Å². The summed E-state index contributed by atoms with van der Waals surface area (Å²) in [6, 6.07) is 3.82. The molecular weight excluding hydrogens is 324 g/mol. The highest BCUT2D eigenvalue weighted by Crippen LogP contribution is 2.28. The van der Waals surface area contributed by atoms with E-state index in [4.69, 9.17) is 5.11 Å². The Labute approximate surface area is 133 Å². The van der Waals surface area contributed by atoms with E-state index in [0.717, 1.165) is 6.07 Å². The van der Waals surface area contributed by atoms with Gasteiger partial charge in [0.2, 0.25) is 10.0 Å². The number of aryl methyl sites for hydroxylation is 1. The highest BCUT2D eigenvalue weighted by molar-refractivity contribution is 7.89. The summed E-state index contributed by atoms with van der Waals surface area (Å²) in [4.78, 5) is 21.2. The summed E-state index contributed by atoms with van der Waals surface area (Å²) < 4.78 is 26.8. The Morgan fingerprint density at radius 2 is 2.00 bits per heavy atom. The topological polar surface area (TPSA) is 118 Å². The molecule has 0 bridgehead atoms. The third-order valence-corrected chi connectivity index (χ3v) is 6.04. The Balaban J connectivity index is 2.34. The second kappa shape index (κ2) is 6.63. The minimum atomic E-state index is -3.87. The van der Waals surface area contributed by atoms with Crippen LogP contribution in [0.15, 0.2) is 23.1 Å². The van der Waals surface area contributed by atoms with E-state index in [1.807, 2.05) is 0 Å². The first-order valence-electron chi connectivity index (χ1n) is 7.27. The molecule has 0 radical (unpaired) electrons. The van der Waals surface area contributed by atoms with E-state index in [9.17, 15) is 23.3 Å². The number of carboxylic acids is 1. The van der Waals surface area contributed by atoms with Crippen molar-refractivity contribution in [2.24, 2.45) is 5.92 Å². The summed E-state index contributed by atoms with van der Waals surface area (Å²) >= 11 is 0. The second-order valence-corrected chi connectivity index (χ2v) is 7.33. The first kappa shape index (κ1) is 17.4. The van der Waals surface area contributed by atoms with E-state index in [1.54, 1.807) is 6.92 Å². The SMILES string of the molecule is CCc1ccc([N+](=O)[O-])cc1S(=O)(=O)N1CCC(C(=O)O)CC1. The molecule has 0 unspecified atom stereocenters. The molecule has 1 fully saturated rings. The number of sulfonamides is 1. The number of non-ortho nitro benzene ring substituents is 1. The summed E-state index contributed by atoms with van der Waals surface area (Å²) in [5, 5.41) is 19.9. The van der Waals surface area contributed by atoms with Crippen molar-refractivity contribution < 1.29 is 23.2 Å². The highest BCUT2D eigenvalue weighted by Gasteiger charge is 2.33. The molecule has 126 valence electrons. The number of rotatable bonds is 5. The van der Waals surface area contributed by atoms with Gasteiger partial charge < -0.3 is 5.11 Å². The van der Waals surface area contributed by atoms with Gasteiger partial charge in [0.25, 0.3) is 5.69 Å². The Kier molecular flexibility index (Phi) is 5.00.